The first-order chi connectivity index (χ1) is 50.6. The molecule has 0 saturated heterocycles. The highest BCUT2D eigenvalue weighted by molar-refractivity contribution is 5.70. The lowest BCUT2D eigenvalue weighted by Crippen LogP contribution is -2.44. The summed E-state index contributed by atoms with van der Waals surface area (Å²) in [4.78, 5) is 37.7. The summed E-state index contributed by atoms with van der Waals surface area (Å²) >= 11 is 0. The van der Waals surface area contributed by atoms with Crippen molar-refractivity contribution in [2.24, 2.45) is 0 Å². The molecule has 0 N–H and O–H groups in total. The molecule has 0 aliphatic rings. The Balaban J connectivity index is 3.91. The van der Waals surface area contributed by atoms with E-state index in [2.05, 4.69) is 98.9 Å². The highest BCUT2D eigenvalue weighted by Gasteiger charge is 2.22. The Morgan fingerprint density at radius 3 is 0.825 bits per heavy atom. The van der Waals surface area contributed by atoms with Crippen molar-refractivity contribution in [2.75, 3.05) is 47.5 Å². The number of rotatable bonds is 84. The number of carbonyl (C=O) groups excluding carboxylic acids is 3. The molecule has 0 bridgehead atoms. The third-order valence-electron chi connectivity index (χ3n) is 20.1. The van der Waals surface area contributed by atoms with E-state index in [1.165, 1.54) is 334 Å². The maximum Gasteiger partial charge on any atom is 0.306 e. The quantitative estimate of drug-likeness (QED) is 0.0195. The van der Waals surface area contributed by atoms with Crippen LogP contribution in [0.25, 0.3) is 0 Å². The SMILES string of the molecule is CC/C=C\C/C=C\C/C=C\C/C=C\CCCCCCCCCCCCCCCCCCCCCCCCCCCCCCC(=O)OC(COC(=O)CCCCCCCCCCCCCCCCCCCCCCCC/C=C\C/C=C\C/C=C\CCCCCCC)COC(OCC[N+](C)(C)C)C(=O)[O-]. The second-order valence-corrected chi connectivity index (χ2v) is 31.5. The third-order valence-corrected chi connectivity index (χ3v) is 20.1. The molecule has 103 heavy (non-hydrogen) atoms. The summed E-state index contributed by atoms with van der Waals surface area (Å²) in [6.45, 7) is 4.69. The van der Waals surface area contributed by atoms with Crippen LogP contribution in [0.2, 0.25) is 0 Å². The summed E-state index contributed by atoms with van der Waals surface area (Å²) in [5, 5.41) is 11.9. The van der Waals surface area contributed by atoms with E-state index < -0.39 is 24.3 Å². The lowest BCUT2D eigenvalue weighted by atomic mass is 10.0. The number of unbranched alkanes of at least 4 members (excludes halogenated alkanes) is 55. The molecule has 600 valence electrons. The van der Waals surface area contributed by atoms with Gasteiger partial charge in [0.05, 0.1) is 40.3 Å². The Kier molecular flexibility index (Phi) is 81.2. The van der Waals surface area contributed by atoms with Gasteiger partial charge in [0, 0.05) is 12.8 Å². The van der Waals surface area contributed by atoms with Gasteiger partial charge in [-0.1, -0.05) is 420 Å². The van der Waals surface area contributed by atoms with Crippen molar-refractivity contribution in [1.29, 1.82) is 0 Å². The number of allylic oxidation sites excluding steroid dienone is 14. The monoisotopic (exact) mass is 1440 g/mol. The fourth-order valence-electron chi connectivity index (χ4n) is 13.4. The highest BCUT2D eigenvalue weighted by atomic mass is 16.7. The van der Waals surface area contributed by atoms with Crippen LogP contribution in [-0.2, 0) is 33.3 Å². The number of carboxylic acids is 1. The minimum Gasteiger partial charge on any atom is -0.545 e. The number of aliphatic carboxylic acids is 1. The summed E-state index contributed by atoms with van der Waals surface area (Å²) in [5.41, 5.74) is 0. The average molecular weight is 1440 g/mol. The predicted molar refractivity (Wildman–Crippen MR) is 444 cm³/mol. The molecule has 0 fully saturated rings. The molecule has 0 aliphatic heterocycles. The largest absolute Gasteiger partial charge is 0.545 e. The zero-order valence-electron chi connectivity index (χ0n) is 68.9. The van der Waals surface area contributed by atoms with E-state index in [0.717, 1.165) is 77.0 Å². The van der Waals surface area contributed by atoms with Gasteiger partial charge in [0.2, 0.25) is 0 Å². The van der Waals surface area contributed by atoms with Crippen LogP contribution in [0.15, 0.2) is 85.1 Å². The standard InChI is InChI=1S/C94H171NO8/c1-6-8-10-12-14-16-18-20-22-24-26-28-30-32-34-36-38-40-42-44-45-46-47-49-51-53-55-57-59-61-63-65-67-69-71-73-75-77-79-81-83-85-92(97)103-90(89-102-94(93(98)99)100-87-86-95(3,4)5)88-101-91(96)84-82-80-78-76-74-72-70-68-66-64-62-60-58-56-54-52-50-48-43-41-39-37-35-33-31-29-27-25-23-21-19-17-15-13-11-9-7-2/h8,10,14,16,19-22,25-28,31,33,90,94H,6-7,9,11-13,15,17-18,23-24,29-30,32,34-89H2,1-5H3/b10-8-,16-14-,21-19-,22-20-,27-25-,28-26-,33-31-. The van der Waals surface area contributed by atoms with Crippen molar-refractivity contribution >= 4 is 17.9 Å². The van der Waals surface area contributed by atoms with Crippen molar-refractivity contribution in [2.45, 2.75) is 450 Å². The lowest BCUT2D eigenvalue weighted by molar-refractivity contribution is -0.870. The molecule has 0 amide bonds. The number of hydrogen-bond acceptors (Lipinski definition) is 8. The zero-order valence-corrected chi connectivity index (χ0v) is 68.9. The number of hydrogen-bond donors (Lipinski definition) is 0. The smallest absolute Gasteiger partial charge is 0.306 e. The van der Waals surface area contributed by atoms with E-state index >= 15 is 0 Å². The first-order valence-electron chi connectivity index (χ1n) is 44.7. The highest BCUT2D eigenvalue weighted by Crippen LogP contribution is 2.20. The van der Waals surface area contributed by atoms with Gasteiger partial charge < -0.3 is 33.3 Å². The van der Waals surface area contributed by atoms with Crippen molar-refractivity contribution < 1.29 is 42.9 Å². The van der Waals surface area contributed by atoms with Crippen LogP contribution in [-0.4, -0.2) is 82.3 Å². The topological polar surface area (TPSA) is 111 Å². The van der Waals surface area contributed by atoms with Gasteiger partial charge in [-0.3, -0.25) is 9.59 Å². The van der Waals surface area contributed by atoms with Crippen LogP contribution in [0.1, 0.15) is 438 Å². The molecule has 9 heteroatoms. The van der Waals surface area contributed by atoms with Gasteiger partial charge in [-0.05, 0) is 89.9 Å². The molecule has 0 spiro atoms. The number of carboxylic acid groups (broad SMARTS) is 1. The van der Waals surface area contributed by atoms with Gasteiger partial charge in [-0.2, -0.15) is 0 Å². The van der Waals surface area contributed by atoms with Gasteiger partial charge in [0.25, 0.3) is 0 Å². The zero-order chi connectivity index (χ0) is 74.6. The summed E-state index contributed by atoms with van der Waals surface area (Å²) in [5.74, 6) is -2.25. The minimum atomic E-state index is -1.62. The minimum absolute atomic E-state index is 0.150. The Morgan fingerprint density at radius 1 is 0.301 bits per heavy atom. The lowest BCUT2D eigenvalue weighted by Gasteiger charge is -2.26. The normalized spacial score (nSPS) is 13.0. The number of ether oxygens (including phenoxy) is 4. The maximum absolute atomic E-state index is 13.0. The molecule has 0 rings (SSSR count). The van der Waals surface area contributed by atoms with Gasteiger partial charge >= 0.3 is 11.9 Å². The molecule has 0 heterocycles. The van der Waals surface area contributed by atoms with Crippen molar-refractivity contribution in [3.63, 3.8) is 0 Å². The molecule has 2 unspecified atom stereocenters. The van der Waals surface area contributed by atoms with Gasteiger partial charge in [0.1, 0.15) is 13.2 Å². The van der Waals surface area contributed by atoms with Crippen molar-refractivity contribution in [3.05, 3.63) is 85.1 Å². The van der Waals surface area contributed by atoms with E-state index in [0.29, 0.717) is 17.4 Å². The Morgan fingerprint density at radius 2 is 0.553 bits per heavy atom. The van der Waals surface area contributed by atoms with Crippen LogP contribution in [0, 0.1) is 0 Å². The Bertz CT molecular complexity index is 1980. The van der Waals surface area contributed by atoms with Gasteiger partial charge in [-0.25, -0.2) is 0 Å². The molecule has 0 aliphatic carbocycles. The Labute approximate surface area is 640 Å². The number of carbonyl (C=O) groups is 3. The molecule has 0 radical (unpaired) electrons. The van der Waals surface area contributed by atoms with E-state index in [-0.39, 0.29) is 32.2 Å². The molecule has 2 atom stereocenters. The van der Waals surface area contributed by atoms with Crippen molar-refractivity contribution in [3.8, 4) is 0 Å². The number of likely N-dealkylation sites (N-methyl/N-ethyl adjacent to an activating group) is 1. The molecule has 0 aromatic heterocycles. The molecule has 0 saturated carbocycles. The fraction of sp³-hybridized carbons (Fsp3) is 0.819. The predicted octanol–water partition coefficient (Wildman–Crippen LogP) is 27.9. The molecule has 0 aromatic carbocycles. The molecular weight excluding hydrogens is 1270 g/mol. The van der Waals surface area contributed by atoms with E-state index in [1.54, 1.807) is 0 Å². The second kappa shape index (κ2) is 84.1. The number of esters is 2. The summed E-state index contributed by atoms with van der Waals surface area (Å²) in [6.07, 6.45) is 113. The summed E-state index contributed by atoms with van der Waals surface area (Å²) < 4.78 is 22.9. The van der Waals surface area contributed by atoms with E-state index in [9.17, 15) is 19.5 Å². The van der Waals surface area contributed by atoms with E-state index in [4.69, 9.17) is 18.9 Å². The molecule has 0 aromatic rings. The molecular formula is C94H171NO8. The second-order valence-electron chi connectivity index (χ2n) is 31.5. The van der Waals surface area contributed by atoms with E-state index in [1.807, 2.05) is 21.1 Å². The van der Waals surface area contributed by atoms with Gasteiger partial charge in [-0.15, -0.1) is 0 Å². The van der Waals surface area contributed by atoms with Crippen LogP contribution in [0.5, 0.6) is 0 Å². The van der Waals surface area contributed by atoms with Crippen LogP contribution >= 0.6 is 0 Å². The molecule has 9 nitrogen and oxygen atoms in total. The average Bonchev–Trinajstić information content (AvgIpc) is 1.01. The summed E-state index contributed by atoms with van der Waals surface area (Å²) in [6, 6.07) is 0. The van der Waals surface area contributed by atoms with Gasteiger partial charge in [0.15, 0.2) is 12.4 Å². The van der Waals surface area contributed by atoms with Crippen LogP contribution in [0.4, 0.5) is 0 Å². The fourth-order valence-corrected chi connectivity index (χ4v) is 13.4. The summed E-state index contributed by atoms with van der Waals surface area (Å²) in [7, 11) is 5.96. The number of nitrogens with zero attached hydrogens (tertiary/aromatic N) is 1. The Hall–Kier alpha value is -3.53. The maximum atomic E-state index is 13.0. The number of quaternary nitrogens is 1. The first kappa shape index (κ1) is 99.5. The van der Waals surface area contributed by atoms with Crippen LogP contribution in [0.3, 0.4) is 0 Å². The van der Waals surface area contributed by atoms with Crippen molar-refractivity contribution in [1.82, 2.24) is 0 Å². The van der Waals surface area contributed by atoms with Crippen LogP contribution < -0.4 is 5.11 Å². The third kappa shape index (κ3) is 85.6. The first-order valence-corrected chi connectivity index (χ1v) is 44.7.